The molecular weight excluding hydrogens is 180 g/mol. The van der Waals surface area contributed by atoms with E-state index in [2.05, 4.69) is 6.92 Å². The highest BCUT2D eigenvalue weighted by atomic mass is 16.5. The monoisotopic (exact) mass is 202 g/mol. The fraction of sp³-hybridized carbons (Fsp3) is 0.818. The Morgan fingerprint density at radius 1 is 1.14 bits per heavy atom. The zero-order chi connectivity index (χ0) is 11.0. The summed E-state index contributed by atoms with van der Waals surface area (Å²) in [5, 5.41) is 17.9. The van der Waals surface area contributed by atoms with Gasteiger partial charge in [-0.3, -0.25) is 0 Å². The minimum atomic E-state index is -0.671. The van der Waals surface area contributed by atoms with Gasteiger partial charge in [0.25, 0.3) is 0 Å². The zero-order valence-corrected chi connectivity index (χ0v) is 9.42. The van der Waals surface area contributed by atoms with E-state index in [1.54, 1.807) is 0 Å². The largest absolute Gasteiger partial charge is 0.488 e. The van der Waals surface area contributed by atoms with Crippen molar-refractivity contribution in [1.82, 2.24) is 0 Å². The van der Waals surface area contributed by atoms with Crippen LogP contribution in [-0.2, 0) is 4.74 Å². The number of aliphatic hydroxyl groups excluding tert-OH is 1. The predicted molar refractivity (Wildman–Crippen MR) is 57.3 cm³/mol. The molecule has 2 N–H and O–H groups in total. The molecule has 0 atom stereocenters. The molecule has 84 valence electrons. The van der Waals surface area contributed by atoms with Crippen molar-refractivity contribution in [3.8, 4) is 0 Å². The minimum Gasteiger partial charge on any atom is -0.488 e. The van der Waals surface area contributed by atoms with Crippen molar-refractivity contribution in [1.29, 1.82) is 0 Å². The van der Waals surface area contributed by atoms with E-state index in [0.29, 0.717) is 12.2 Å². The zero-order valence-electron chi connectivity index (χ0n) is 9.42. The first kappa shape index (κ1) is 13.1. The molecule has 0 aromatic carbocycles. The van der Waals surface area contributed by atoms with Crippen LogP contribution in [-0.4, -0.2) is 16.3 Å². The van der Waals surface area contributed by atoms with Gasteiger partial charge in [-0.25, -0.2) is 0 Å². The van der Waals surface area contributed by atoms with Crippen LogP contribution < -0.4 is 0 Å². The van der Waals surface area contributed by atoms with E-state index in [9.17, 15) is 0 Å². The Kier molecular flexibility index (Phi) is 7.07. The molecule has 0 spiro atoms. The Bertz CT molecular complexity index is 169. The molecule has 0 saturated heterocycles. The first-order valence-electron chi connectivity index (χ1n) is 5.35. The van der Waals surface area contributed by atoms with Crippen LogP contribution in [0.25, 0.3) is 0 Å². The van der Waals surface area contributed by atoms with E-state index in [-0.39, 0.29) is 6.10 Å². The van der Waals surface area contributed by atoms with Crippen LogP contribution in [0.15, 0.2) is 11.7 Å². The van der Waals surface area contributed by atoms with Gasteiger partial charge in [0.05, 0.1) is 6.10 Å². The number of ether oxygens (including phenoxy) is 1. The summed E-state index contributed by atoms with van der Waals surface area (Å²) in [7, 11) is 0. The van der Waals surface area contributed by atoms with Gasteiger partial charge in [-0.2, -0.15) is 0 Å². The van der Waals surface area contributed by atoms with Crippen molar-refractivity contribution in [2.75, 3.05) is 0 Å². The Morgan fingerprint density at radius 2 is 1.79 bits per heavy atom. The van der Waals surface area contributed by atoms with Gasteiger partial charge in [-0.05, 0) is 20.3 Å². The molecule has 0 saturated carbocycles. The summed E-state index contributed by atoms with van der Waals surface area (Å²) in [6.45, 7) is 5.88. The maximum Gasteiger partial charge on any atom is 0.313 e. The van der Waals surface area contributed by atoms with Crippen LogP contribution in [0.4, 0.5) is 0 Å². The van der Waals surface area contributed by atoms with Crippen molar-refractivity contribution < 1.29 is 14.9 Å². The molecule has 0 rings (SSSR count). The van der Waals surface area contributed by atoms with Crippen molar-refractivity contribution in [2.24, 2.45) is 0 Å². The molecule has 3 heteroatoms. The standard InChI is InChI=1S/C11H22O3/c1-4-5-6-7-8-10(11(12)13)14-9(2)3/h9,12-13H,4-8H2,1-3H3. The summed E-state index contributed by atoms with van der Waals surface area (Å²) in [6, 6.07) is 0. The Morgan fingerprint density at radius 3 is 2.21 bits per heavy atom. The first-order chi connectivity index (χ1) is 6.57. The third kappa shape index (κ3) is 6.63. The fourth-order valence-electron chi connectivity index (χ4n) is 1.22. The maximum absolute atomic E-state index is 8.93. The lowest BCUT2D eigenvalue weighted by Gasteiger charge is -2.12. The molecular formula is C11H22O3. The quantitative estimate of drug-likeness (QED) is 0.489. The second kappa shape index (κ2) is 7.54. The maximum atomic E-state index is 8.93. The molecule has 0 aromatic heterocycles. The van der Waals surface area contributed by atoms with Crippen LogP contribution in [0, 0.1) is 0 Å². The van der Waals surface area contributed by atoms with Crippen LogP contribution in [0.5, 0.6) is 0 Å². The predicted octanol–water partition coefficient (Wildman–Crippen LogP) is 3.67. The van der Waals surface area contributed by atoms with Crippen molar-refractivity contribution in [3.05, 3.63) is 11.7 Å². The number of allylic oxidation sites excluding steroid dienone is 1. The summed E-state index contributed by atoms with van der Waals surface area (Å²) in [4.78, 5) is 0. The van der Waals surface area contributed by atoms with Gasteiger partial charge in [0.2, 0.25) is 0 Å². The number of hydrogen-bond acceptors (Lipinski definition) is 3. The Balaban J connectivity index is 3.82. The summed E-state index contributed by atoms with van der Waals surface area (Å²) in [5.74, 6) is -0.355. The van der Waals surface area contributed by atoms with Crippen LogP contribution >= 0.6 is 0 Å². The average molecular weight is 202 g/mol. The van der Waals surface area contributed by atoms with Gasteiger partial charge in [-0.1, -0.05) is 26.2 Å². The first-order valence-corrected chi connectivity index (χ1v) is 5.35. The van der Waals surface area contributed by atoms with Gasteiger partial charge in [0.1, 0.15) is 0 Å². The van der Waals surface area contributed by atoms with E-state index in [0.717, 1.165) is 12.8 Å². The highest BCUT2D eigenvalue weighted by Gasteiger charge is 2.07. The summed E-state index contributed by atoms with van der Waals surface area (Å²) in [5.41, 5.74) is 0. The van der Waals surface area contributed by atoms with E-state index in [1.807, 2.05) is 13.8 Å². The van der Waals surface area contributed by atoms with Crippen molar-refractivity contribution in [3.63, 3.8) is 0 Å². The summed E-state index contributed by atoms with van der Waals surface area (Å²) < 4.78 is 5.27. The molecule has 3 nitrogen and oxygen atoms in total. The third-order valence-electron chi connectivity index (χ3n) is 1.88. The van der Waals surface area contributed by atoms with Gasteiger partial charge in [0.15, 0.2) is 5.76 Å². The number of unbranched alkanes of at least 4 members (excludes halogenated alkanes) is 3. The molecule has 0 aliphatic heterocycles. The van der Waals surface area contributed by atoms with Crippen LogP contribution in [0.3, 0.4) is 0 Å². The Hall–Kier alpha value is -0.860. The number of hydrogen-bond donors (Lipinski definition) is 2. The molecule has 0 heterocycles. The van der Waals surface area contributed by atoms with E-state index in [1.165, 1.54) is 12.8 Å². The molecule has 0 amide bonds. The number of aliphatic hydroxyl groups is 2. The van der Waals surface area contributed by atoms with Crippen LogP contribution in [0.1, 0.15) is 52.9 Å². The minimum absolute atomic E-state index is 0.00882. The lowest BCUT2D eigenvalue weighted by Crippen LogP contribution is -2.05. The lowest BCUT2D eigenvalue weighted by atomic mass is 10.1. The average Bonchev–Trinajstić information content (AvgIpc) is 2.09. The Labute approximate surface area is 86.4 Å². The van der Waals surface area contributed by atoms with E-state index >= 15 is 0 Å². The normalized spacial score (nSPS) is 10.3. The summed E-state index contributed by atoms with van der Waals surface area (Å²) >= 11 is 0. The SMILES string of the molecule is CCCCCCC(OC(C)C)=C(O)O. The molecule has 0 radical (unpaired) electrons. The topological polar surface area (TPSA) is 49.7 Å². The van der Waals surface area contributed by atoms with Crippen molar-refractivity contribution >= 4 is 0 Å². The molecule has 14 heavy (non-hydrogen) atoms. The molecule has 0 unspecified atom stereocenters. The van der Waals surface area contributed by atoms with Gasteiger partial charge < -0.3 is 14.9 Å². The summed E-state index contributed by atoms with van der Waals surface area (Å²) in [6.07, 6.45) is 5.01. The lowest BCUT2D eigenvalue weighted by molar-refractivity contribution is 0.0844. The smallest absolute Gasteiger partial charge is 0.313 e. The molecule has 0 bridgehead atoms. The van der Waals surface area contributed by atoms with Crippen LogP contribution in [0.2, 0.25) is 0 Å². The second-order valence-corrected chi connectivity index (χ2v) is 3.72. The highest BCUT2D eigenvalue weighted by molar-refractivity contribution is 4.92. The van der Waals surface area contributed by atoms with Gasteiger partial charge in [0, 0.05) is 6.42 Å². The van der Waals surface area contributed by atoms with E-state index < -0.39 is 5.95 Å². The molecule has 0 fully saturated rings. The van der Waals surface area contributed by atoms with E-state index in [4.69, 9.17) is 14.9 Å². The third-order valence-corrected chi connectivity index (χ3v) is 1.88. The van der Waals surface area contributed by atoms with Crippen molar-refractivity contribution in [2.45, 2.75) is 59.0 Å². The van der Waals surface area contributed by atoms with Gasteiger partial charge >= 0.3 is 5.95 Å². The van der Waals surface area contributed by atoms with Gasteiger partial charge in [-0.15, -0.1) is 0 Å². The molecule has 0 aliphatic carbocycles. The molecule has 0 aromatic rings. The second-order valence-electron chi connectivity index (χ2n) is 3.72. The molecule has 0 aliphatic rings. The number of rotatable bonds is 7. The highest BCUT2D eigenvalue weighted by Crippen LogP contribution is 2.15. The fourth-order valence-corrected chi connectivity index (χ4v) is 1.22.